The van der Waals surface area contributed by atoms with Crippen LogP contribution in [0.25, 0.3) is 0 Å². The van der Waals surface area contributed by atoms with Crippen LogP contribution < -0.4 is 11.1 Å². The van der Waals surface area contributed by atoms with E-state index in [1.165, 1.54) is 0 Å². The first-order chi connectivity index (χ1) is 6.93. The van der Waals surface area contributed by atoms with Gasteiger partial charge in [0.2, 0.25) is 5.91 Å². The highest BCUT2D eigenvalue weighted by atomic mass is 35.5. The predicted molar refractivity (Wildman–Crippen MR) is 77.4 cm³/mol. The Bertz CT molecular complexity index is 352. The van der Waals surface area contributed by atoms with Gasteiger partial charge in [-0.3, -0.25) is 4.79 Å². The molecule has 1 heterocycles. The van der Waals surface area contributed by atoms with Gasteiger partial charge in [-0.05, 0) is 32.2 Å². The Balaban J connectivity index is 0. The molecule has 0 saturated carbocycles. The van der Waals surface area contributed by atoms with Gasteiger partial charge in [0.1, 0.15) is 5.82 Å². The minimum absolute atomic E-state index is 0. The van der Waals surface area contributed by atoms with Crippen LogP contribution in [0.15, 0.2) is 23.2 Å². The number of nitrogens with two attached hydrogens (primary N) is 1. The van der Waals surface area contributed by atoms with E-state index >= 15 is 0 Å². The van der Waals surface area contributed by atoms with Crippen LogP contribution >= 0.6 is 36.6 Å². The van der Waals surface area contributed by atoms with E-state index < -0.39 is 5.54 Å². The van der Waals surface area contributed by atoms with Crippen molar-refractivity contribution in [2.45, 2.75) is 24.3 Å². The molecule has 0 atom stereocenters. The van der Waals surface area contributed by atoms with E-state index in [0.29, 0.717) is 5.82 Å². The van der Waals surface area contributed by atoms with Crippen LogP contribution in [0.4, 0.5) is 5.82 Å². The van der Waals surface area contributed by atoms with Gasteiger partial charge in [-0.2, -0.15) is 0 Å². The summed E-state index contributed by atoms with van der Waals surface area (Å²) in [6.45, 7) is 3.30. The van der Waals surface area contributed by atoms with Crippen LogP contribution in [0.1, 0.15) is 13.8 Å². The van der Waals surface area contributed by atoms with E-state index in [0.717, 1.165) is 4.90 Å². The summed E-state index contributed by atoms with van der Waals surface area (Å²) in [6, 6.07) is 3.66. The SMILES string of the molecule is CSc1ccc(NC(=O)C(C)(C)N)nc1.Cl.Cl. The van der Waals surface area contributed by atoms with Crippen LogP contribution in [0.2, 0.25) is 0 Å². The lowest BCUT2D eigenvalue weighted by Crippen LogP contribution is -2.45. The standard InChI is InChI=1S/C10H15N3OS.2ClH/c1-10(2,11)9(14)13-8-5-4-7(15-3)6-12-8;;/h4-6H,11H2,1-3H3,(H,12,13,14);2*1H. The Hall–Kier alpha value is -0.490. The predicted octanol–water partition coefficient (Wildman–Crippen LogP) is 2.32. The summed E-state index contributed by atoms with van der Waals surface area (Å²) in [4.78, 5) is 16.7. The number of thioether (sulfide) groups is 1. The third kappa shape index (κ3) is 6.12. The number of carbonyl (C=O) groups excluding carboxylic acids is 1. The van der Waals surface area contributed by atoms with Gasteiger partial charge in [0.25, 0.3) is 0 Å². The van der Waals surface area contributed by atoms with Crippen molar-refractivity contribution in [3.8, 4) is 0 Å². The summed E-state index contributed by atoms with van der Waals surface area (Å²) in [5, 5.41) is 2.65. The number of rotatable bonds is 3. The summed E-state index contributed by atoms with van der Waals surface area (Å²) < 4.78 is 0. The number of aromatic nitrogens is 1. The smallest absolute Gasteiger partial charge is 0.245 e. The van der Waals surface area contributed by atoms with E-state index in [1.807, 2.05) is 12.3 Å². The summed E-state index contributed by atoms with van der Waals surface area (Å²) in [7, 11) is 0. The summed E-state index contributed by atoms with van der Waals surface area (Å²) >= 11 is 1.60. The number of hydrogen-bond acceptors (Lipinski definition) is 4. The first kappa shape index (κ1) is 18.9. The number of nitrogens with one attached hydrogen (secondary N) is 1. The molecule has 4 nitrogen and oxygen atoms in total. The first-order valence-electron chi connectivity index (χ1n) is 4.54. The van der Waals surface area contributed by atoms with Crippen LogP contribution in [-0.4, -0.2) is 22.7 Å². The molecule has 7 heteroatoms. The lowest BCUT2D eigenvalue weighted by Gasteiger charge is -2.17. The minimum atomic E-state index is -0.889. The number of amides is 1. The number of nitrogens with zero attached hydrogens (tertiary/aromatic N) is 1. The van der Waals surface area contributed by atoms with Gasteiger partial charge in [-0.25, -0.2) is 4.98 Å². The van der Waals surface area contributed by atoms with Crippen molar-refractivity contribution in [2.24, 2.45) is 5.73 Å². The molecule has 1 rings (SSSR count). The van der Waals surface area contributed by atoms with E-state index in [2.05, 4.69) is 10.3 Å². The Morgan fingerprint density at radius 1 is 1.41 bits per heavy atom. The summed E-state index contributed by atoms with van der Waals surface area (Å²) in [5.74, 6) is 0.281. The second-order valence-electron chi connectivity index (χ2n) is 3.76. The second-order valence-corrected chi connectivity index (χ2v) is 4.64. The highest BCUT2D eigenvalue weighted by molar-refractivity contribution is 7.98. The van der Waals surface area contributed by atoms with Gasteiger partial charge in [0, 0.05) is 11.1 Å². The van der Waals surface area contributed by atoms with E-state index in [4.69, 9.17) is 5.73 Å². The quantitative estimate of drug-likeness (QED) is 0.840. The highest BCUT2D eigenvalue weighted by Gasteiger charge is 2.21. The van der Waals surface area contributed by atoms with Gasteiger partial charge < -0.3 is 11.1 Å². The van der Waals surface area contributed by atoms with Crippen molar-refractivity contribution in [3.05, 3.63) is 18.3 Å². The van der Waals surface area contributed by atoms with Crippen molar-refractivity contribution in [1.29, 1.82) is 0 Å². The normalized spacial score (nSPS) is 9.88. The first-order valence-corrected chi connectivity index (χ1v) is 5.76. The fraction of sp³-hybridized carbons (Fsp3) is 0.400. The van der Waals surface area contributed by atoms with Gasteiger partial charge >= 0.3 is 0 Å². The molecule has 0 fully saturated rings. The molecule has 0 aromatic carbocycles. The average molecular weight is 298 g/mol. The molecule has 1 aromatic heterocycles. The molecule has 0 radical (unpaired) electrons. The molecule has 0 saturated heterocycles. The van der Waals surface area contributed by atoms with Gasteiger partial charge in [0.05, 0.1) is 5.54 Å². The largest absolute Gasteiger partial charge is 0.318 e. The van der Waals surface area contributed by atoms with E-state index in [1.54, 1.807) is 37.9 Å². The number of carbonyl (C=O) groups is 1. The van der Waals surface area contributed by atoms with Crippen LogP contribution in [-0.2, 0) is 4.79 Å². The minimum Gasteiger partial charge on any atom is -0.318 e. The molecule has 0 aliphatic rings. The fourth-order valence-corrected chi connectivity index (χ4v) is 1.21. The number of anilines is 1. The molecule has 1 amide bonds. The average Bonchev–Trinajstić information content (AvgIpc) is 2.17. The fourth-order valence-electron chi connectivity index (χ4n) is 0.852. The molecule has 0 spiro atoms. The Morgan fingerprint density at radius 2 is 2.00 bits per heavy atom. The third-order valence-electron chi connectivity index (χ3n) is 1.80. The van der Waals surface area contributed by atoms with Crippen LogP contribution in [0.3, 0.4) is 0 Å². The highest BCUT2D eigenvalue weighted by Crippen LogP contribution is 2.15. The molecule has 0 bridgehead atoms. The summed E-state index contributed by atoms with van der Waals surface area (Å²) in [6.07, 6.45) is 3.68. The monoisotopic (exact) mass is 297 g/mol. The van der Waals surface area contributed by atoms with Gasteiger partial charge in [0.15, 0.2) is 0 Å². The Morgan fingerprint density at radius 3 is 2.35 bits per heavy atom. The maximum Gasteiger partial charge on any atom is 0.245 e. The van der Waals surface area contributed by atoms with E-state index in [9.17, 15) is 4.79 Å². The second kappa shape index (κ2) is 7.76. The molecular formula is C10H17Cl2N3OS. The van der Waals surface area contributed by atoms with E-state index in [-0.39, 0.29) is 30.7 Å². The maximum atomic E-state index is 11.5. The zero-order valence-electron chi connectivity index (χ0n) is 9.89. The zero-order valence-corrected chi connectivity index (χ0v) is 12.3. The molecule has 1 aromatic rings. The molecule has 0 aliphatic heterocycles. The van der Waals surface area contributed by atoms with Crippen molar-refractivity contribution in [1.82, 2.24) is 4.98 Å². The topological polar surface area (TPSA) is 68.0 Å². The number of pyridine rings is 1. The molecule has 17 heavy (non-hydrogen) atoms. The zero-order chi connectivity index (χ0) is 11.5. The van der Waals surface area contributed by atoms with Crippen molar-refractivity contribution in [3.63, 3.8) is 0 Å². The Kier molecular flexibility index (Phi) is 8.61. The van der Waals surface area contributed by atoms with Crippen LogP contribution in [0, 0.1) is 0 Å². The maximum absolute atomic E-state index is 11.5. The van der Waals surface area contributed by atoms with Gasteiger partial charge in [-0.15, -0.1) is 36.6 Å². The Labute approximate surface area is 118 Å². The molecular weight excluding hydrogens is 281 g/mol. The molecule has 3 N–H and O–H groups in total. The van der Waals surface area contributed by atoms with Crippen molar-refractivity contribution < 1.29 is 4.79 Å². The van der Waals surface area contributed by atoms with Crippen molar-refractivity contribution in [2.75, 3.05) is 11.6 Å². The molecule has 0 unspecified atom stereocenters. The van der Waals surface area contributed by atoms with Gasteiger partial charge in [-0.1, -0.05) is 0 Å². The van der Waals surface area contributed by atoms with Crippen molar-refractivity contribution >= 4 is 48.3 Å². The number of halogens is 2. The third-order valence-corrected chi connectivity index (χ3v) is 2.51. The lowest BCUT2D eigenvalue weighted by molar-refractivity contribution is -0.120. The summed E-state index contributed by atoms with van der Waals surface area (Å²) in [5.41, 5.74) is 4.75. The number of hydrogen-bond donors (Lipinski definition) is 2. The molecule has 0 aliphatic carbocycles. The lowest BCUT2D eigenvalue weighted by atomic mass is 10.1. The molecule has 98 valence electrons. The van der Waals surface area contributed by atoms with Crippen LogP contribution in [0.5, 0.6) is 0 Å².